The van der Waals surface area contributed by atoms with Gasteiger partial charge in [0.25, 0.3) is 5.91 Å². The fraction of sp³-hybridized carbons (Fsp3) is 0.348. The molecule has 1 fully saturated rings. The van der Waals surface area contributed by atoms with Crippen LogP contribution in [0.1, 0.15) is 23.2 Å². The minimum atomic E-state index is -4.89. The monoisotopic (exact) mass is 573 g/mol. The molecule has 1 aromatic heterocycles. The van der Waals surface area contributed by atoms with Gasteiger partial charge in [-0.1, -0.05) is 28.1 Å². The summed E-state index contributed by atoms with van der Waals surface area (Å²) < 4.78 is 42.9. The summed E-state index contributed by atoms with van der Waals surface area (Å²) in [5.74, 6) is 0.282. The number of nitrogens with one attached hydrogen (secondary N) is 1. The molecular weight excluding hydrogens is 551 g/mol. The molecule has 0 aliphatic carbocycles. The minimum Gasteiger partial charge on any atom is -0.405 e. The molecule has 12 heteroatoms. The second-order valence-electron chi connectivity index (χ2n) is 8.18. The Bertz CT molecular complexity index is 1200. The van der Waals surface area contributed by atoms with E-state index in [-0.39, 0.29) is 24.0 Å². The molecule has 4 rings (SSSR count). The fourth-order valence-electron chi connectivity index (χ4n) is 3.93. The number of likely N-dealkylation sites (tertiary alicyclic amines) is 1. The number of benzene rings is 2. The van der Waals surface area contributed by atoms with E-state index in [1.165, 1.54) is 17.0 Å². The maximum absolute atomic E-state index is 13.0. The van der Waals surface area contributed by atoms with Crippen molar-refractivity contribution >= 4 is 56.9 Å². The van der Waals surface area contributed by atoms with Crippen molar-refractivity contribution in [1.29, 1.82) is 0 Å². The second kappa shape index (κ2) is 10.9. The van der Waals surface area contributed by atoms with Crippen LogP contribution in [0.25, 0.3) is 10.9 Å². The Hall–Kier alpha value is -2.79. The zero-order chi connectivity index (χ0) is 24.5. The highest BCUT2D eigenvalue weighted by Gasteiger charge is 2.34. The van der Waals surface area contributed by atoms with Gasteiger partial charge >= 0.3 is 6.36 Å². The number of amides is 1. The number of fused-ring (bicyclic) bond motifs is 1. The number of alkyl halides is 3. The zero-order valence-corrected chi connectivity index (χ0v) is 21.4. The predicted octanol–water partition coefficient (Wildman–Crippen LogP) is 5.50. The number of halogens is 5. The summed E-state index contributed by atoms with van der Waals surface area (Å²) in [6, 6.07) is 11.8. The lowest BCUT2D eigenvalue weighted by Crippen LogP contribution is -2.42. The van der Waals surface area contributed by atoms with Crippen LogP contribution < -0.4 is 15.0 Å². The first-order valence-electron chi connectivity index (χ1n) is 10.7. The molecule has 0 atom stereocenters. The highest BCUT2D eigenvalue weighted by molar-refractivity contribution is 9.10. The second-order valence-corrected chi connectivity index (χ2v) is 9.10. The Labute approximate surface area is 215 Å². The lowest BCUT2D eigenvalue weighted by Gasteiger charge is -2.33. The van der Waals surface area contributed by atoms with Crippen molar-refractivity contribution < 1.29 is 22.7 Å². The first-order valence-corrected chi connectivity index (χ1v) is 11.5. The number of piperidine rings is 1. The first-order chi connectivity index (χ1) is 16.1. The van der Waals surface area contributed by atoms with Gasteiger partial charge in [-0.25, -0.2) is 4.98 Å². The molecule has 0 radical (unpaired) electrons. The van der Waals surface area contributed by atoms with E-state index in [9.17, 15) is 18.0 Å². The third-order valence-corrected chi connectivity index (χ3v) is 6.02. The molecule has 188 valence electrons. The minimum absolute atomic E-state index is 0. The highest BCUT2D eigenvalue weighted by Crippen LogP contribution is 2.31. The van der Waals surface area contributed by atoms with Crippen LogP contribution in [0.3, 0.4) is 0 Å². The summed E-state index contributed by atoms with van der Waals surface area (Å²) in [6.45, 7) is 0.762. The van der Waals surface area contributed by atoms with Crippen molar-refractivity contribution in [2.45, 2.75) is 25.2 Å². The average Bonchev–Trinajstić information content (AvgIpc) is 2.77. The normalized spacial score (nSPS) is 14.4. The van der Waals surface area contributed by atoms with Crippen LogP contribution in [0.4, 0.5) is 24.9 Å². The van der Waals surface area contributed by atoms with Crippen molar-refractivity contribution in [3.63, 3.8) is 0 Å². The number of aromatic nitrogens is 2. The lowest BCUT2D eigenvalue weighted by molar-refractivity contribution is -0.274. The molecule has 0 bridgehead atoms. The number of nitrogens with zero attached hydrogens (tertiary/aromatic N) is 4. The molecule has 1 saturated heterocycles. The van der Waals surface area contributed by atoms with Crippen LogP contribution in [0.15, 0.2) is 46.9 Å². The third-order valence-electron chi connectivity index (χ3n) is 5.52. The smallest absolute Gasteiger partial charge is 0.405 e. The number of anilines is 2. The van der Waals surface area contributed by atoms with Gasteiger partial charge in [-0.3, -0.25) is 4.79 Å². The summed E-state index contributed by atoms with van der Waals surface area (Å²) in [6.07, 6.45) is -3.69. The summed E-state index contributed by atoms with van der Waals surface area (Å²) in [4.78, 5) is 25.7. The molecule has 1 amide bonds. The van der Waals surface area contributed by atoms with Gasteiger partial charge in [0, 0.05) is 43.1 Å². The quantitative estimate of drug-likeness (QED) is 0.434. The van der Waals surface area contributed by atoms with E-state index in [1.54, 1.807) is 0 Å². The number of hydrogen-bond acceptors (Lipinski definition) is 6. The Morgan fingerprint density at radius 1 is 1.14 bits per heavy atom. The molecule has 1 aliphatic rings. The van der Waals surface area contributed by atoms with Crippen LogP contribution in [-0.4, -0.2) is 60.4 Å². The van der Waals surface area contributed by atoms with Gasteiger partial charge in [0.05, 0.1) is 11.1 Å². The Morgan fingerprint density at radius 3 is 2.49 bits per heavy atom. The first kappa shape index (κ1) is 26.8. The molecule has 0 saturated carbocycles. The van der Waals surface area contributed by atoms with Crippen LogP contribution in [0.2, 0.25) is 0 Å². The van der Waals surface area contributed by atoms with Gasteiger partial charge < -0.3 is 19.9 Å². The SMILES string of the molecule is CN(C)c1nc(NC2CCN(C(=O)c3ccc(Br)cc3OC(F)(F)F)CC2)nc2ccccc12.Cl. The van der Waals surface area contributed by atoms with Crippen LogP contribution in [0, 0.1) is 0 Å². The Morgan fingerprint density at radius 2 is 1.83 bits per heavy atom. The van der Waals surface area contributed by atoms with Crippen LogP contribution >= 0.6 is 28.3 Å². The summed E-state index contributed by atoms with van der Waals surface area (Å²) in [7, 11) is 3.84. The molecule has 0 spiro atoms. The lowest BCUT2D eigenvalue weighted by atomic mass is 10.0. The molecular formula is C23H24BrClF3N5O2. The number of para-hydroxylation sites is 1. The van der Waals surface area contributed by atoms with E-state index >= 15 is 0 Å². The van der Waals surface area contributed by atoms with Crippen molar-refractivity contribution in [2.24, 2.45) is 0 Å². The highest BCUT2D eigenvalue weighted by atomic mass is 79.9. The Balaban J connectivity index is 0.00000342. The Kier molecular flexibility index (Phi) is 8.32. The average molecular weight is 575 g/mol. The van der Waals surface area contributed by atoms with Crippen LogP contribution in [-0.2, 0) is 0 Å². The largest absolute Gasteiger partial charge is 0.573 e. The van der Waals surface area contributed by atoms with Gasteiger partial charge in [-0.15, -0.1) is 25.6 Å². The van der Waals surface area contributed by atoms with E-state index in [2.05, 4.69) is 36.0 Å². The van der Waals surface area contributed by atoms with E-state index in [1.807, 2.05) is 43.3 Å². The van der Waals surface area contributed by atoms with Gasteiger partial charge in [0.15, 0.2) is 0 Å². The van der Waals surface area contributed by atoms with Crippen molar-refractivity contribution in [3.8, 4) is 5.75 Å². The number of carbonyl (C=O) groups excluding carboxylic acids is 1. The van der Waals surface area contributed by atoms with E-state index in [0.717, 1.165) is 22.8 Å². The maximum atomic E-state index is 13.0. The molecule has 3 aromatic rings. The summed E-state index contributed by atoms with van der Waals surface area (Å²) >= 11 is 3.12. The summed E-state index contributed by atoms with van der Waals surface area (Å²) in [5.41, 5.74) is 0.698. The molecule has 2 aromatic carbocycles. The van der Waals surface area contributed by atoms with Crippen molar-refractivity contribution in [3.05, 3.63) is 52.5 Å². The topological polar surface area (TPSA) is 70.6 Å². The van der Waals surface area contributed by atoms with E-state index in [4.69, 9.17) is 0 Å². The molecule has 2 heterocycles. The predicted molar refractivity (Wildman–Crippen MR) is 134 cm³/mol. The van der Waals surface area contributed by atoms with E-state index < -0.39 is 18.0 Å². The van der Waals surface area contributed by atoms with Gasteiger partial charge in [0.2, 0.25) is 5.95 Å². The summed E-state index contributed by atoms with van der Waals surface area (Å²) in [5, 5.41) is 4.30. The van der Waals surface area contributed by atoms with Gasteiger partial charge in [-0.05, 0) is 43.2 Å². The van der Waals surface area contributed by atoms with Crippen molar-refractivity contribution in [1.82, 2.24) is 14.9 Å². The van der Waals surface area contributed by atoms with Crippen LogP contribution in [0.5, 0.6) is 5.75 Å². The molecule has 1 aliphatic heterocycles. The van der Waals surface area contributed by atoms with E-state index in [0.29, 0.717) is 36.4 Å². The van der Waals surface area contributed by atoms with Crippen molar-refractivity contribution in [2.75, 3.05) is 37.4 Å². The molecule has 0 unspecified atom stereocenters. The molecule has 1 N–H and O–H groups in total. The fourth-order valence-corrected chi connectivity index (χ4v) is 4.27. The van der Waals surface area contributed by atoms with Gasteiger partial charge in [0.1, 0.15) is 11.6 Å². The molecule has 7 nitrogen and oxygen atoms in total. The molecule has 35 heavy (non-hydrogen) atoms. The maximum Gasteiger partial charge on any atom is 0.573 e. The van der Waals surface area contributed by atoms with Gasteiger partial charge in [-0.2, -0.15) is 4.98 Å². The number of rotatable bonds is 5. The zero-order valence-electron chi connectivity index (χ0n) is 19.0. The number of ether oxygens (including phenoxy) is 1. The third kappa shape index (κ3) is 6.46. The number of hydrogen-bond donors (Lipinski definition) is 1. The number of carbonyl (C=O) groups is 1. The standard InChI is InChI=1S/C23H23BrF3N5O2.ClH/c1-31(2)20-16-5-3-4-6-18(16)29-22(30-20)28-15-9-11-32(12-10-15)21(33)17-8-7-14(24)13-19(17)34-23(25,26)27;/h3-8,13,15H,9-12H2,1-2H3,(H,28,29,30);1H.